The van der Waals surface area contributed by atoms with Crippen LogP contribution in [0.4, 0.5) is 0 Å². The summed E-state index contributed by atoms with van der Waals surface area (Å²) in [5.74, 6) is -1.89. The summed E-state index contributed by atoms with van der Waals surface area (Å²) < 4.78 is 28.7. The standard InChI is InChI=1S/C35H55N5O6S2.ClH/c1-25(2)18-32(41)33(42)30(20-27-12-8-5-9-13-27)37-35(44)31(21-29-22-47-24-36-29)38-34(43)28(19-26-10-6-4-7-11-26)23-48(45,46)40-16-14-39(3)15-17-40;/h4,6-7,10-11,22,24-25,27-28,30-33,41-42H,5,8-9,12-21,23H2,1-3H3,(H,37,44)(H,38,43);1H/t28-,30+,31+,32+,33-;/m1./s1. The van der Waals surface area contributed by atoms with Crippen molar-refractivity contribution in [2.24, 2.45) is 17.8 Å². The van der Waals surface area contributed by atoms with Crippen molar-refractivity contribution in [1.29, 1.82) is 0 Å². The van der Waals surface area contributed by atoms with E-state index in [0.29, 0.717) is 50.6 Å². The number of piperazine rings is 1. The minimum absolute atomic E-state index is 0. The number of hydrogen-bond acceptors (Lipinski definition) is 9. The number of likely N-dealkylation sites (N-methyl/N-ethyl adjacent to an activating group) is 1. The number of hydrogen-bond donors (Lipinski definition) is 4. The van der Waals surface area contributed by atoms with Gasteiger partial charge in [-0.1, -0.05) is 76.3 Å². The molecule has 4 rings (SSSR count). The van der Waals surface area contributed by atoms with Gasteiger partial charge in [0.05, 0.1) is 35.0 Å². The Morgan fingerprint density at radius 1 is 0.980 bits per heavy atom. The van der Waals surface area contributed by atoms with Crippen molar-refractivity contribution in [3.63, 3.8) is 0 Å². The smallest absolute Gasteiger partial charge is 0.243 e. The molecule has 1 aliphatic heterocycles. The van der Waals surface area contributed by atoms with Crippen molar-refractivity contribution in [2.45, 2.75) is 95.9 Å². The summed E-state index contributed by atoms with van der Waals surface area (Å²) in [5, 5.41) is 29.9. The van der Waals surface area contributed by atoms with Gasteiger partial charge in [0.2, 0.25) is 21.8 Å². The van der Waals surface area contributed by atoms with Gasteiger partial charge >= 0.3 is 0 Å². The molecule has 0 radical (unpaired) electrons. The highest BCUT2D eigenvalue weighted by atomic mass is 35.5. The van der Waals surface area contributed by atoms with E-state index in [1.54, 1.807) is 5.51 Å². The number of carbonyl (C=O) groups is 2. The van der Waals surface area contributed by atoms with Gasteiger partial charge in [0.15, 0.2) is 0 Å². The molecule has 1 saturated heterocycles. The van der Waals surface area contributed by atoms with Gasteiger partial charge in [-0.2, -0.15) is 4.31 Å². The number of benzene rings is 1. The Morgan fingerprint density at radius 2 is 1.65 bits per heavy atom. The lowest BCUT2D eigenvalue weighted by Crippen LogP contribution is -2.57. The maximum absolute atomic E-state index is 14.1. The predicted molar refractivity (Wildman–Crippen MR) is 196 cm³/mol. The van der Waals surface area contributed by atoms with E-state index in [1.807, 2.05) is 56.6 Å². The van der Waals surface area contributed by atoms with E-state index >= 15 is 0 Å². The number of thiazole rings is 1. The SMILES string of the molecule is CC(C)C[C@H](O)[C@H](O)[C@H](CC1CCCCC1)NC(=O)[C@H](Cc1cscn1)NC(=O)[C@H](Cc1ccccc1)CS(=O)(=O)N1CCN(C)CC1.Cl. The highest BCUT2D eigenvalue weighted by molar-refractivity contribution is 7.89. The third kappa shape index (κ3) is 13.2. The molecule has 2 amide bonds. The summed E-state index contributed by atoms with van der Waals surface area (Å²) in [6, 6.07) is 7.52. The van der Waals surface area contributed by atoms with Crippen LogP contribution in [0.1, 0.15) is 70.1 Å². The molecule has 1 aromatic heterocycles. The number of amides is 2. The van der Waals surface area contributed by atoms with Crippen molar-refractivity contribution in [2.75, 3.05) is 39.0 Å². The quantitative estimate of drug-likeness (QED) is 0.193. The second-order valence-corrected chi connectivity index (χ2v) is 16.9. The van der Waals surface area contributed by atoms with Crippen molar-refractivity contribution < 1.29 is 28.2 Å². The number of aliphatic hydroxyl groups is 2. The normalized spacial score (nSPS) is 19.7. The van der Waals surface area contributed by atoms with Crippen LogP contribution in [-0.4, -0.2) is 108 Å². The van der Waals surface area contributed by atoms with Crippen LogP contribution in [0, 0.1) is 17.8 Å². The number of aliphatic hydroxyl groups excluding tert-OH is 2. The average molecular weight is 742 g/mol. The summed E-state index contributed by atoms with van der Waals surface area (Å²) in [4.78, 5) is 34.6. The summed E-state index contributed by atoms with van der Waals surface area (Å²) >= 11 is 1.38. The molecular formula is C35H56ClN5O6S2. The van der Waals surface area contributed by atoms with Crippen LogP contribution in [0.25, 0.3) is 0 Å². The first-order chi connectivity index (χ1) is 22.9. The van der Waals surface area contributed by atoms with E-state index in [9.17, 15) is 28.2 Å². The Morgan fingerprint density at radius 3 is 2.27 bits per heavy atom. The van der Waals surface area contributed by atoms with E-state index < -0.39 is 52.0 Å². The lowest BCUT2D eigenvalue weighted by molar-refractivity contribution is -0.132. The Bertz CT molecular complexity index is 1370. The molecular weight excluding hydrogens is 686 g/mol. The molecule has 5 atom stereocenters. The molecule has 0 spiro atoms. The molecule has 1 aromatic carbocycles. The zero-order valence-corrected chi connectivity index (χ0v) is 31.5. The van der Waals surface area contributed by atoms with Crippen LogP contribution < -0.4 is 10.6 Å². The molecule has 1 aliphatic carbocycles. The maximum atomic E-state index is 14.1. The number of carbonyl (C=O) groups excluding carboxylic acids is 2. The van der Waals surface area contributed by atoms with Crippen molar-refractivity contribution in [3.05, 3.63) is 52.5 Å². The first-order valence-corrected chi connectivity index (χ1v) is 20.0. The fourth-order valence-corrected chi connectivity index (χ4v) is 9.12. The molecule has 2 fully saturated rings. The summed E-state index contributed by atoms with van der Waals surface area (Å²) in [5.41, 5.74) is 3.10. The molecule has 14 heteroatoms. The summed E-state index contributed by atoms with van der Waals surface area (Å²) in [6.45, 7) is 5.90. The van der Waals surface area contributed by atoms with Crippen LogP contribution in [0.15, 0.2) is 41.2 Å². The van der Waals surface area contributed by atoms with Crippen LogP contribution >= 0.6 is 23.7 Å². The minimum Gasteiger partial charge on any atom is -0.390 e. The lowest BCUT2D eigenvalue weighted by atomic mass is 9.82. The zero-order chi connectivity index (χ0) is 34.7. The predicted octanol–water partition coefficient (Wildman–Crippen LogP) is 3.25. The molecule has 0 bridgehead atoms. The number of sulfonamides is 1. The number of rotatable bonds is 17. The van der Waals surface area contributed by atoms with Crippen molar-refractivity contribution in [3.8, 4) is 0 Å². The molecule has 2 aromatic rings. The third-order valence-electron chi connectivity index (χ3n) is 9.65. The Hall–Kier alpha value is -2.13. The van der Waals surface area contributed by atoms with E-state index in [4.69, 9.17) is 0 Å². The van der Waals surface area contributed by atoms with Crippen LogP contribution in [0.2, 0.25) is 0 Å². The lowest BCUT2D eigenvalue weighted by Gasteiger charge is -2.34. The van der Waals surface area contributed by atoms with E-state index in [2.05, 4.69) is 20.5 Å². The molecule has 4 N–H and O–H groups in total. The van der Waals surface area contributed by atoms with Gasteiger partial charge in [-0.25, -0.2) is 13.4 Å². The maximum Gasteiger partial charge on any atom is 0.243 e. The molecule has 276 valence electrons. The molecule has 0 unspecified atom stereocenters. The fourth-order valence-electron chi connectivity index (χ4n) is 6.84. The molecule has 2 heterocycles. The van der Waals surface area contributed by atoms with Gasteiger partial charge in [0.25, 0.3) is 0 Å². The van der Waals surface area contributed by atoms with Crippen molar-refractivity contribution in [1.82, 2.24) is 24.8 Å². The summed E-state index contributed by atoms with van der Waals surface area (Å²) in [6.07, 6.45) is 4.38. The Labute approximate surface area is 302 Å². The van der Waals surface area contributed by atoms with Gasteiger partial charge in [0, 0.05) is 38.0 Å². The highest BCUT2D eigenvalue weighted by Crippen LogP contribution is 2.29. The Kier molecular flexibility index (Phi) is 16.9. The molecule has 2 aliphatic rings. The average Bonchev–Trinajstić information content (AvgIpc) is 3.57. The topological polar surface area (TPSA) is 152 Å². The first-order valence-electron chi connectivity index (χ1n) is 17.5. The fraction of sp³-hybridized carbons (Fsp3) is 0.686. The second-order valence-electron chi connectivity index (χ2n) is 14.2. The van der Waals surface area contributed by atoms with Gasteiger partial charge < -0.3 is 25.7 Å². The van der Waals surface area contributed by atoms with E-state index in [-0.39, 0.29) is 36.9 Å². The molecule has 49 heavy (non-hydrogen) atoms. The largest absolute Gasteiger partial charge is 0.390 e. The molecule has 11 nitrogen and oxygen atoms in total. The minimum atomic E-state index is -3.77. The van der Waals surface area contributed by atoms with Gasteiger partial charge in [-0.3, -0.25) is 9.59 Å². The van der Waals surface area contributed by atoms with Gasteiger partial charge in [-0.05, 0) is 43.7 Å². The summed E-state index contributed by atoms with van der Waals surface area (Å²) in [7, 11) is -1.82. The second kappa shape index (κ2) is 20.0. The monoisotopic (exact) mass is 741 g/mol. The van der Waals surface area contributed by atoms with Crippen LogP contribution in [0.3, 0.4) is 0 Å². The number of nitrogens with one attached hydrogen (secondary N) is 2. The van der Waals surface area contributed by atoms with Gasteiger partial charge in [0.1, 0.15) is 12.1 Å². The number of aromatic nitrogens is 1. The van der Waals surface area contributed by atoms with Crippen LogP contribution in [0.5, 0.6) is 0 Å². The number of halogens is 1. The van der Waals surface area contributed by atoms with Crippen LogP contribution in [-0.2, 0) is 32.5 Å². The van der Waals surface area contributed by atoms with Crippen molar-refractivity contribution >= 4 is 45.6 Å². The van der Waals surface area contributed by atoms with E-state index in [0.717, 1.165) is 31.2 Å². The zero-order valence-electron chi connectivity index (χ0n) is 29.1. The first kappa shape index (κ1) is 41.3. The third-order valence-corrected chi connectivity index (χ3v) is 12.3. The van der Waals surface area contributed by atoms with E-state index in [1.165, 1.54) is 22.1 Å². The number of nitrogens with zero attached hydrogens (tertiary/aromatic N) is 3. The van der Waals surface area contributed by atoms with Gasteiger partial charge in [-0.15, -0.1) is 23.7 Å². The molecule has 1 saturated carbocycles. The Balaban J connectivity index is 0.00000650. The highest BCUT2D eigenvalue weighted by Gasteiger charge is 2.36.